The molecule has 0 bridgehead atoms. The van der Waals surface area contributed by atoms with Crippen molar-refractivity contribution in [2.45, 2.75) is 157 Å². The van der Waals surface area contributed by atoms with E-state index in [0.717, 1.165) is 42.6 Å². The van der Waals surface area contributed by atoms with Crippen LogP contribution in [0.2, 0.25) is 0 Å². The Balaban J connectivity index is 0.000000243. The number of carbonyl (C=O) groups excluding carboxylic acids is 1. The summed E-state index contributed by atoms with van der Waals surface area (Å²) in [6, 6.07) is 6.73. The minimum Gasteiger partial charge on any atom is -0.481 e. The number of carbonyl (C=O) groups is 2. The van der Waals surface area contributed by atoms with Crippen LogP contribution in [0.3, 0.4) is 0 Å². The number of carboxylic acid groups (broad SMARTS) is 1. The van der Waals surface area contributed by atoms with E-state index >= 15 is 0 Å². The topological polar surface area (TPSA) is 295 Å². The van der Waals surface area contributed by atoms with E-state index in [0.29, 0.717) is 56.6 Å². The molecule has 22 heteroatoms. The number of aryl methyl sites for hydroxylation is 1. The molecular weight excluding hydrogens is 951 g/mol. The molecule has 1 amide bonds. The highest BCUT2D eigenvalue weighted by Gasteiger charge is 2.35. The van der Waals surface area contributed by atoms with Crippen molar-refractivity contribution >= 4 is 54.6 Å². The van der Waals surface area contributed by atoms with E-state index in [1.807, 2.05) is 30.7 Å². The predicted molar refractivity (Wildman–Crippen MR) is 246 cm³/mol. The molecule has 0 atom stereocenters. The molecule has 16 nitrogen and oxygen atoms in total. The zero-order valence-corrected chi connectivity index (χ0v) is 41.9. The molecule has 0 aliphatic heterocycles. The van der Waals surface area contributed by atoms with Crippen LogP contribution in [0.5, 0.6) is 0 Å². The standard InChI is InChI=1S/C22H26FN3O5S2.C15H16FNO2.C8H14N2O3S2/c1-11(2)18-15(14(12-5-6-12)7-13(9-24)19(18)23)8-17(28)26-33(30,31)20-16(10-27)25-21(32-20)22(3,4)29;1-8(2)14-12(6-13(18)19)11(9-3-4-9)5-10(7-17)15(14)16;1-4-5-6(15(9,12)13)14-7(10-5)8(2,3)11/h7,11-12,27,29H,5-6,8,10H2,1-4H3,(H,26,28);5,8-9H,3-4,6H2,1-2H3,(H,18,19);11H,4H2,1-3H3,(H2,9,12,13). The second-order valence-corrected chi connectivity index (χ2v) is 23.6. The monoisotopic (exact) mass is 1010 g/mol. The van der Waals surface area contributed by atoms with Gasteiger partial charge in [0.25, 0.3) is 10.0 Å². The van der Waals surface area contributed by atoms with Crippen molar-refractivity contribution in [1.82, 2.24) is 14.7 Å². The van der Waals surface area contributed by atoms with Crippen LogP contribution in [-0.4, -0.2) is 59.1 Å². The Labute approximate surface area is 397 Å². The second-order valence-electron chi connectivity index (χ2n) is 18.0. The van der Waals surface area contributed by atoms with E-state index in [1.54, 1.807) is 34.6 Å². The van der Waals surface area contributed by atoms with Gasteiger partial charge in [-0.05, 0) is 129 Å². The number of aromatic nitrogens is 2. The summed E-state index contributed by atoms with van der Waals surface area (Å²) in [6.45, 7) is 14.2. The number of rotatable bonds is 15. The normalized spacial score (nSPS) is 14.1. The van der Waals surface area contributed by atoms with Gasteiger partial charge in [-0.2, -0.15) is 10.5 Å². The van der Waals surface area contributed by atoms with Gasteiger partial charge in [0.2, 0.25) is 15.9 Å². The molecule has 0 unspecified atom stereocenters. The number of nitriles is 2. The molecule has 0 spiro atoms. The number of sulfonamides is 2. The number of aliphatic hydroxyl groups is 3. The summed E-state index contributed by atoms with van der Waals surface area (Å²) in [4.78, 5) is 31.9. The van der Waals surface area contributed by atoms with Crippen molar-refractivity contribution in [2.24, 2.45) is 5.14 Å². The van der Waals surface area contributed by atoms with Crippen molar-refractivity contribution in [1.29, 1.82) is 10.5 Å². The third kappa shape index (κ3) is 13.5. The first-order valence-corrected chi connectivity index (χ1v) is 25.9. The smallest absolute Gasteiger partial charge is 0.307 e. The summed E-state index contributed by atoms with van der Waals surface area (Å²) in [5.74, 6) is -3.16. The number of nitrogens with two attached hydrogens (primary N) is 1. The molecule has 0 radical (unpaired) electrons. The van der Waals surface area contributed by atoms with Crippen LogP contribution in [-0.2, 0) is 66.7 Å². The van der Waals surface area contributed by atoms with Crippen LogP contribution in [0.25, 0.3) is 0 Å². The summed E-state index contributed by atoms with van der Waals surface area (Å²) in [7, 11) is -8.14. The van der Waals surface area contributed by atoms with E-state index in [2.05, 4.69) is 9.97 Å². The molecule has 364 valence electrons. The fourth-order valence-corrected chi connectivity index (χ4v) is 11.9. The molecule has 4 aromatic rings. The van der Waals surface area contributed by atoms with Crippen LogP contribution in [0.15, 0.2) is 20.6 Å². The Hall–Kier alpha value is -4.78. The van der Waals surface area contributed by atoms with Gasteiger partial charge < -0.3 is 20.4 Å². The number of amides is 1. The number of hydrogen-bond donors (Lipinski definition) is 6. The molecule has 6 rings (SSSR count). The molecule has 2 heterocycles. The number of hydrogen-bond acceptors (Lipinski definition) is 15. The molecule has 2 aromatic heterocycles. The lowest BCUT2D eigenvalue weighted by atomic mass is 9.87. The third-order valence-electron chi connectivity index (χ3n) is 10.6. The van der Waals surface area contributed by atoms with Crippen LogP contribution in [0.1, 0.15) is 178 Å². The van der Waals surface area contributed by atoms with Crippen molar-refractivity contribution < 1.29 is 55.6 Å². The number of nitrogens with zero attached hydrogens (tertiary/aromatic N) is 4. The Morgan fingerprint density at radius 1 is 0.806 bits per heavy atom. The Morgan fingerprint density at radius 3 is 1.52 bits per heavy atom. The Bertz CT molecular complexity index is 2840. The number of aliphatic hydroxyl groups excluding tert-OH is 1. The van der Waals surface area contributed by atoms with Crippen LogP contribution in [0, 0.1) is 34.3 Å². The maximum Gasteiger partial charge on any atom is 0.307 e. The highest BCUT2D eigenvalue weighted by atomic mass is 32.3. The zero-order valence-electron chi connectivity index (χ0n) is 38.6. The van der Waals surface area contributed by atoms with Gasteiger partial charge >= 0.3 is 5.97 Å². The van der Waals surface area contributed by atoms with Crippen molar-refractivity contribution in [3.05, 3.63) is 89.7 Å². The van der Waals surface area contributed by atoms with Gasteiger partial charge in [0.1, 0.15) is 45.0 Å². The van der Waals surface area contributed by atoms with E-state index in [1.165, 1.54) is 26.0 Å². The minimum atomic E-state index is -4.40. The van der Waals surface area contributed by atoms with Crippen LogP contribution in [0.4, 0.5) is 8.78 Å². The number of primary sulfonamides is 1. The first-order valence-electron chi connectivity index (χ1n) is 21.3. The summed E-state index contributed by atoms with van der Waals surface area (Å²) >= 11 is 1.58. The van der Waals surface area contributed by atoms with Gasteiger partial charge in [-0.1, -0.05) is 34.6 Å². The van der Waals surface area contributed by atoms with Gasteiger partial charge in [0.05, 0.1) is 42.0 Å². The number of nitrogens with one attached hydrogen (secondary N) is 1. The van der Waals surface area contributed by atoms with E-state index in [4.69, 9.17) is 15.5 Å². The Morgan fingerprint density at radius 2 is 1.21 bits per heavy atom. The summed E-state index contributed by atoms with van der Waals surface area (Å²) in [6.07, 6.45) is 3.58. The third-order valence-corrected chi connectivity index (χ3v) is 16.8. The number of halogens is 2. The average molecular weight is 1010 g/mol. The number of carboxylic acids is 1. The maximum absolute atomic E-state index is 15.0. The molecule has 2 aromatic carbocycles. The van der Waals surface area contributed by atoms with Crippen molar-refractivity contribution in [2.75, 3.05) is 0 Å². The molecule has 2 aliphatic rings. The van der Waals surface area contributed by atoms with Crippen molar-refractivity contribution in [3.63, 3.8) is 0 Å². The molecular formula is C45H56F2N6O10S4. The molecule has 7 N–H and O–H groups in total. The first kappa shape index (κ1) is 54.8. The quantitative estimate of drug-likeness (QED) is 0.0712. The lowest BCUT2D eigenvalue weighted by Gasteiger charge is -2.19. The predicted octanol–water partition coefficient (Wildman–Crippen LogP) is 6.83. The zero-order chi connectivity index (χ0) is 50.7. The van der Waals surface area contributed by atoms with Gasteiger partial charge in [0, 0.05) is 0 Å². The number of benzene rings is 2. The molecule has 2 aliphatic carbocycles. The van der Waals surface area contributed by atoms with Crippen LogP contribution < -0.4 is 9.86 Å². The summed E-state index contributed by atoms with van der Waals surface area (Å²) < 4.78 is 79.2. The van der Waals surface area contributed by atoms with E-state index in [-0.39, 0.29) is 66.4 Å². The maximum atomic E-state index is 15.0. The van der Waals surface area contributed by atoms with E-state index < -0.39 is 61.4 Å². The lowest BCUT2D eigenvalue weighted by Crippen LogP contribution is -2.32. The largest absolute Gasteiger partial charge is 0.481 e. The highest BCUT2D eigenvalue weighted by Crippen LogP contribution is 2.46. The van der Waals surface area contributed by atoms with Crippen molar-refractivity contribution in [3.8, 4) is 12.1 Å². The van der Waals surface area contributed by atoms with Gasteiger partial charge in [-0.3, -0.25) is 9.59 Å². The summed E-state index contributed by atoms with van der Waals surface area (Å²) in [5, 5.41) is 62.2. The lowest BCUT2D eigenvalue weighted by molar-refractivity contribution is -0.136. The molecule has 2 saturated carbocycles. The minimum absolute atomic E-state index is 0.0275. The molecule has 0 saturated heterocycles. The van der Waals surface area contributed by atoms with E-state index in [9.17, 15) is 55.8 Å². The van der Waals surface area contributed by atoms with Gasteiger partial charge in [0.15, 0.2) is 8.42 Å². The van der Waals surface area contributed by atoms with Gasteiger partial charge in [-0.25, -0.2) is 45.4 Å². The van der Waals surface area contributed by atoms with Gasteiger partial charge in [-0.15, -0.1) is 22.7 Å². The fourth-order valence-electron chi connectivity index (χ4n) is 7.25. The first-order chi connectivity index (χ1) is 30.9. The number of aliphatic carboxylic acids is 1. The second kappa shape index (κ2) is 21.2. The molecule has 67 heavy (non-hydrogen) atoms. The fraction of sp³-hybridized carbons (Fsp3) is 0.511. The number of thiazole rings is 2. The van der Waals surface area contributed by atoms with Crippen LogP contribution >= 0.6 is 22.7 Å². The SMILES string of the molecule is CC(C)c1c(F)c(C#N)cc(C2CC2)c1CC(=O)NS(=O)(=O)c1sc(C(C)(C)O)nc1CO.CC(C)c1c(F)c(C#N)cc(C2CC2)c1CC(=O)O.CCc1nc(C(C)(C)O)sc1S(N)(=O)=O. The average Bonchev–Trinajstić information content (AvgIpc) is 4.13. The Kier molecular flexibility index (Phi) is 17.4. The summed E-state index contributed by atoms with van der Waals surface area (Å²) in [5.41, 5.74) is 0.755. The molecule has 2 fully saturated rings. The highest BCUT2D eigenvalue weighted by molar-refractivity contribution is 7.92.